The highest BCUT2D eigenvalue weighted by molar-refractivity contribution is 6.19. The molecule has 0 aromatic carbocycles. The van der Waals surface area contributed by atoms with Gasteiger partial charge in [0.25, 0.3) is 0 Å². The van der Waals surface area contributed by atoms with Gasteiger partial charge in [0.05, 0.1) is 5.88 Å². The molecule has 1 aromatic heterocycles. The number of nitrogens with two attached hydrogens (primary N) is 1. The number of alkyl halides is 1. The average molecular weight is 290 g/mol. The van der Waals surface area contributed by atoms with E-state index < -0.39 is 35.3 Å². The number of nitrogen functional groups attached to an aromatic ring is 1. The second kappa shape index (κ2) is 3.68. The van der Waals surface area contributed by atoms with E-state index >= 15 is 0 Å². The van der Waals surface area contributed by atoms with E-state index in [0.717, 1.165) is 4.57 Å². The SMILES string of the molecule is Nc1ccn(C2OC3(CCl)C(O)C3(O)C2O)c(=O)n1. The molecule has 2 fully saturated rings. The summed E-state index contributed by atoms with van der Waals surface area (Å²) in [6.07, 6.45) is -2.67. The molecule has 1 aromatic rings. The summed E-state index contributed by atoms with van der Waals surface area (Å²) < 4.78 is 6.40. The number of aromatic nitrogens is 2. The van der Waals surface area contributed by atoms with Crippen molar-refractivity contribution in [2.45, 2.75) is 29.6 Å². The number of fused-ring (bicyclic) bond motifs is 1. The van der Waals surface area contributed by atoms with Gasteiger partial charge in [0.1, 0.15) is 23.6 Å². The van der Waals surface area contributed by atoms with Crippen LogP contribution in [0.25, 0.3) is 0 Å². The van der Waals surface area contributed by atoms with E-state index in [0.29, 0.717) is 0 Å². The Morgan fingerprint density at radius 1 is 1.58 bits per heavy atom. The summed E-state index contributed by atoms with van der Waals surface area (Å²) >= 11 is 5.68. The van der Waals surface area contributed by atoms with Crippen molar-refractivity contribution in [1.82, 2.24) is 9.55 Å². The standard InChI is InChI=1S/C10H12ClN3O5/c11-3-9-7(16)10(9,18)5(15)6(19-9)14-2-1-4(12)13-8(14)17/h1-2,5-7,15-16,18H,3H2,(H2,12,13,17). The molecule has 0 spiro atoms. The zero-order valence-corrected chi connectivity index (χ0v) is 10.4. The Labute approximate surface area is 112 Å². The molecular weight excluding hydrogens is 278 g/mol. The zero-order valence-electron chi connectivity index (χ0n) is 9.60. The highest BCUT2D eigenvalue weighted by Gasteiger charge is 2.87. The predicted octanol–water partition coefficient (Wildman–Crippen LogP) is -2.20. The van der Waals surface area contributed by atoms with E-state index in [1.54, 1.807) is 0 Å². The number of hydrogen-bond acceptors (Lipinski definition) is 7. The zero-order chi connectivity index (χ0) is 14.0. The number of hydrogen-bond donors (Lipinski definition) is 4. The Morgan fingerprint density at radius 2 is 2.26 bits per heavy atom. The van der Waals surface area contributed by atoms with Crippen molar-refractivity contribution in [3.8, 4) is 0 Å². The van der Waals surface area contributed by atoms with E-state index in [2.05, 4.69) is 4.98 Å². The first-order valence-electron chi connectivity index (χ1n) is 5.55. The molecule has 1 saturated carbocycles. The Hall–Kier alpha value is -1.19. The van der Waals surface area contributed by atoms with Gasteiger partial charge in [0.2, 0.25) is 0 Å². The molecular formula is C10H12ClN3O5. The number of aliphatic hydroxyl groups is 3. The third-order valence-corrected chi connectivity index (χ3v) is 4.23. The van der Waals surface area contributed by atoms with Gasteiger partial charge in [-0.3, -0.25) is 4.57 Å². The lowest BCUT2D eigenvalue weighted by molar-refractivity contribution is -0.111. The lowest BCUT2D eigenvalue weighted by Gasteiger charge is -2.23. The summed E-state index contributed by atoms with van der Waals surface area (Å²) in [6.45, 7) is 0. The molecule has 2 aliphatic rings. The summed E-state index contributed by atoms with van der Waals surface area (Å²) in [4.78, 5) is 15.2. The van der Waals surface area contributed by atoms with Crippen LogP contribution in [0.2, 0.25) is 0 Å². The Balaban J connectivity index is 2.00. The van der Waals surface area contributed by atoms with Crippen LogP contribution in [0, 0.1) is 0 Å². The number of rotatable bonds is 2. The highest BCUT2D eigenvalue weighted by atomic mass is 35.5. The van der Waals surface area contributed by atoms with Crippen LogP contribution in [-0.2, 0) is 4.74 Å². The smallest absolute Gasteiger partial charge is 0.351 e. The molecule has 19 heavy (non-hydrogen) atoms. The maximum Gasteiger partial charge on any atom is 0.351 e. The first-order valence-corrected chi connectivity index (χ1v) is 6.09. The van der Waals surface area contributed by atoms with Crippen molar-refractivity contribution in [3.63, 3.8) is 0 Å². The Morgan fingerprint density at radius 3 is 2.79 bits per heavy atom. The summed E-state index contributed by atoms with van der Waals surface area (Å²) in [5, 5.41) is 29.9. The van der Waals surface area contributed by atoms with Crippen LogP contribution in [0.4, 0.5) is 5.82 Å². The second-order valence-corrected chi connectivity index (χ2v) is 5.01. The molecule has 5 atom stereocenters. The molecule has 1 aliphatic carbocycles. The second-order valence-electron chi connectivity index (χ2n) is 4.75. The van der Waals surface area contributed by atoms with Crippen LogP contribution in [0.15, 0.2) is 17.1 Å². The largest absolute Gasteiger partial charge is 0.387 e. The van der Waals surface area contributed by atoms with E-state index in [1.807, 2.05) is 0 Å². The normalized spacial score (nSPS) is 44.1. The van der Waals surface area contributed by atoms with Gasteiger partial charge in [-0.25, -0.2) is 4.79 Å². The monoisotopic (exact) mass is 289 g/mol. The van der Waals surface area contributed by atoms with Gasteiger partial charge >= 0.3 is 5.69 Å². The fourth-order valence-corrected chi connectivity index (χ4v) is 3.03. The van der Waals surface area contributed by atoms with Gasteiger partial charge < -0.3 is 25.8 Å². The molecule has 0 radical (unpaired) electrons. The molecule has 9 heteroatoms. The summed E-state index contributed by atoms with van der Waals surface area (Å²) in [5.74, 6) is -0.181. The number of halogens is 1. The minimum atomic E-state index is -1.87. The van der Waals surface area contributed by atoms with Crippen LogP contribution in [0.5, 0.6) is 0 Å². The van der Waals surface area contributed by atoms with Gasteiger partial charge in [0.15, 0.2) is 11.8 Å². The molecule has 1 aliphatic heterocycles. The van der Waals surface area contributed by atoms with Crippen LogP contribution in [0.3, 0.4) is 0 Å². The lowest BCUT2D eigenvalue weighted by Crippen LogP contribution is -2.40. The van der Waals surface area contributed by atoms with Crippen molar-refractivity contribution in [3.05, 3.63) is 22.7 Å². The summed E-state index contributed by atoms with van der Waals surface area (Å²) in [6, 6.07) is 1.36. The van der Waals surface area contributed by atoms with E-state index in [-0.39, 0.29) is 11.7 Å². The van der Waals surface area contributed by atoms with Crippen molar-refractivity contribution >= 4 is 17.4 Å². The summed E-state index contributed by atoms with van der Waals surface area (Å²) in [5.41, 5.74) is 1.30. The fraction of sp³-hybridized carbons (Fsp3) is 0.600. The fourth-order valence-electron chi connectivity index (χ4n) is 2.60. The molecule has 8 nitrogen and oxygen atoms in total. The van der Waals surface area contributed by atoms with E-state index in [1.165, 1.54) is 12.3 Å². The summed E-state index contributed by atoms with van der Waals surface area (Å²) in [7, 11) is 0. The topological polar surface area (TPSA) is 131 Å². The number of nitrogens with zero attached hydrogens (tertiary/aromatic N) is 2. The van der Waals surface area contributed by atoms with Crippen LogP contribution >= 0.6 is 11.6 Å². The van der Waals surface area contributed by atoms with Gasteiger partial charge in [-0.15, -0.1) is 11.6 Å². The quantitative estimate of drug-likeness (QED) is 0.454. The minimum absolute atomic E-state index is 0.0321. The third kappa shape index (κ3) is 1.32. The molecule has 0 amide bonds. The Bertz CT molecular complexity index is 591. The van der Waals surface area contributed by atoms with Crippen molar-refractivity contribution in [2.75, 3.05) is 11.6 Å². The van der Waals surface area contributed by atoms with Gasteiger partial charge in [0, 0.05) is 6.20 Å². The van der Waals surface area contributed by atoms with Crippen LogP contribution in [0.1, 0.15) is 6.23 Å². The third-order valence-electron chi connectivity index (χ3n) is 3.83. The molecule has 2 heterocycles. The van der Waals surface area contributed by atoms with Crippen molar-refractivity contribution in [1.29, 1.82) is 0 Å². The van der Waals surface area contributed by atoms with E-state index in [9.17, 15) is 20.1 Å². The molecule has 104 valence electrons. The molecule has 0 bridgehead atoms. The van der Waals surface area contributed by atoms with Crippen molar-refractivity contribution in [2.24, 2.45) is 0 Å². The number of ether oxygens (including phenoxy) is 1. The molecule has 3 rings (SSSR count). The van der Waals surface area contributed by atoms with Gasteiger partial charge in [-0.1, -0.05) is 0 Å². The maximum absolute atomic E-state index is 11.7. The first-order chi connectivity index (χ1) is 8.88. The average Bonchev–Trinajstić information content (AvgIpc) is 2.73. The number of aliphatic hydroxyl groups excluding tert-OH is 2. The molecule has 5 unspecified atom stereocenters. The first kappa shape index (κ1) is 12.8. The van der Waals surface area contributed by atoms with Gasteiger partial charge in [-0.2, -0.15) is 4.98 Å². The molecule has 5 N–H and O–H groups in total. The lowest BCUT2D eigenvalue weighted by atomic mass is 10.1. The number of anilines is 1. The van der Waals surface area contributed by atoms with Crippen LogP contribution < -0.4 is 11.4 Å². The van der Waals surface area contributed by atoms with Crippen LogP contribution in [-0.4, -0.2) is 54.2 Å². The maximum atomic E-state index is 11.7. The highest BCUT2D eigenvalue weighted by Crippen LogP contribution is 2.62. The Kier molecular flexibility index (Phi) is 2.48. The minimum Gasteiger partial charge on any atom is -0.387 e. The predicted molar refractivity (Wildman–Crippen MR) is 63.4 cm³/mol. The van der Waals surface area contributed by atoms with E-state index in [4.69, 9.17) is 22.1 Å². The van der Waals surface area contributed by atoms with Gasteiger partial charge in [-0.05, 0) is 6.07 Å². The molecule has 1 saturated heterocycles. The van der Waals surface area contributed by atoms with Crippen molar-refractivity contribution < 1.29 is 20.1 Å².